The van der Waals surface area contributed by atoms with Crippen molar-refractivity contribution in [2.24, 2.45) is 0 Å². The minimum atomic E-state index is -0.661. The first-order valence-electron chi connectivity index (χ1n) is 10.9. The van der Waals surface area contributed by atoms with Crippen LogP contribution in [-0.4, -0.2) is 35.4 Å². The van der Waals surface area contributed by atoms with Crippen molar-refractivity contribution in [1.29, 1.82) is 0 Å². The topological polar surface area (TPSA) is 58.6 Å². The molecule has 1 N–H and O–H groups in total. The fourth-order valence-corrected chi connectivity index (χ4v) is 4.12. The van der Waals surface area contributed by atoms with Crippen molar-refractivity contribution in [3.8, 4) is 5.75 Å². The Kier molecular flexibility index (Phi) is 8.75. The predicted molar refractivity (Wildman–Crippen MR) is 137 cm³/mol. The minimum absolute atomic E-state index is 0.0252. The summed E-state index contributed by atoms with van der Waals surface area (Å²) in [4.78, 5) is 27.6. The lowest BCUT2D eigenvalue weighted by Crippen LogP contribution is -2.50. The molecule has 0 saturated heterocycles. The summed E-state index contributed by atoms with van der Waals surface area (Å²) in [6.07, 6.45) is 0.808. The molecule has 174 valence electrons. The van der Waals surface area contributed by atoms with Crippen LogP contribution in [0.25, 0.3) is 10.8 Å². The Morgan fingerprint density at radius 1 is 1.06 bits per heavy atom. The van der Waals surface area contributed by atoms with Crippen LogP contribution in [0.15, 0.2) is 65.1 Å². The molecule has 0 unspecified atom stereocenters. The summed E-state index contributed by atoms with van der Waals surface area (Å²) in [5.74, 6) is 0.0977. The first kappa shape index (κ1) is 25.1. The molecule has 0 aliphatic rings. The van der Waals surface area contributed by atoms with Crippen molar-refractivity contribution < 1.29 is 14.3 Å². The lowest BCUT2D eigenvalue weighted by atomic mass is 10.1. The molecule has 0 spiro atoms. The number of nitrogens with zero attached hydrogens (tertiary/aromatic N) is 1. The maximum atomic E-state index is 13.2. The van der Waals surface area contributed by atoms with Crippen LogP contribution in [0.2, 0.25) is 5.02 Å². The van der Waals surface area contributed by atoms with Gasteiger partial charge in [-0.15, -0.1) is 0 Å². The molecule has 0 aliphatic carbocycles. The third-order valence-electron chi connectivity index (χ3n) is 5.61. The molecule has 0 saturated carbocycles. The highest BCUT2D eigenvalue weighted by Gasteiger charge is 2.27. The largest absolute Gasteiger partial charge is 0.483 e. The predicted octanol–water partition coefficient (Wildman–Crippen LogP) is 5.97. The first-order chi connectivity index (χ1) is 15.8. The fraction of sp³-hybridized carbons (Fsp3) is 0.308. The summed E-state index contributed by atoms with van der Waals surface area (Å²) in [5, 5.41) is 5.65. The van der Waals surface area contributed by atoms with Crippen LogP contribution in [-0.2, 0) is 16.1 Å². The van der Waals surface area contributed by atoms with Gasteiger partial charge in [0, 0.05) is 17.6 Å². The Morgan fingerprint density at radius 2 is 1.76 bits per heavy atom. The number of benzene rings is 3. The Bertz CT molecular complexity index is 1120. The van der Waals surface area contributed by atoms with Gasteiger partial charge in [0.15, 0.2) is 6.61 Å². The molecule has 3 rings (SSSR count). The van der Waals surface area contributed by atoms with Crippen LogP contribution in [0.3, 0.4) is 0 Å². The highest BCUT2D eigenvalue weighted by molar-refractivity contribution is 9.10. The number of nitrogens with one attached hydrogen (secondary N) is 1. The zero-order valence-electron chi connectivity index (χ0n) is 19.0. The van der Waals surface area contributed by atoms with Crippen LogP contribution in [0, 0.1) is 0 Å². The summed E-state index contributed by atoms with van der Waals surface area (Å²) in [6, 6.07) is 18.3. The van der Waals surface area contributed by atoms with Gasteiger partial charge in [0.2, 0.25) is 5.91 Å². The zero-order valence-corrected chi connectivity index (χ0v) is 21.3. The molecule has 0 bridgehead atoms. The monoisotopic (exact) mass is 530 g/mol. The number of fused-ring (bicyclic) bond motifs is 1. The number of carbonyl (C=O) groups is 2. The van der Waals surface area contributed by atoms with Gasteiger partial charge in [-0.2, -0.15) is 0 Å². The van der Waals surface area contributed by atoms with Crippen molar-refractivity contribution >= 4 is 50.1 Å². The van der Waals surface area contributed by atoms with Gasteiger partial charge in [-0.1, -0.05) is 61.0 Å². The molecule has 3 aromatic rings. The van der Waals surface area contributed by atoms with E-state index in [9.17, 15) is 9.59 Å². The Hall–Kier alpha value is -2.57. The average Bonchev–Trinajstić information content (AvgIpc) is 2.82. The van der Waals surface area contributed by atoms with Crippen molar-refractivity contribution in [2.75, 3.05) is 6.61 Å². The van der Waals surface area contributed by atoms with E-state index in [-0.39, 0.29) is 31.0 Å². The average molecular weight is 532 g/mol. The Balaban J connectivity index is 1.78. The van der Waals surface area contributed by atoms with Crippen LogP contribution < -0.4 is 10.1 Å². The van der Waals surface area contributed by atoms with Crippen LogP contribution >= 0.6 is 27.5 Å². The molecule has 0 radical (unpaired) electrons. The molecule has 2 atom stereocenters. The minimum Gasteiger partial charge on any atom is -0.483 e. The second-order valence-corrected chi connectivity index (χ2v) is 9.26. The smallest absolute Gasteiger partial charge is 0.261 e. The SMILES string of the molecule is CC[C@@H](C)NC(=O)[C@@H](C)N(Cc1ccc(Cl)cc1)C(=O)COc1ccc2ccccc2c1Br. The van der Waals surface area contributed by atoms with E-state index in [1.54, 1.807) is 19.1 Å². The van der Waals surface area contributed by atoms with E-state index >= 15 is 0 Å². The number of carbonyl (C=O) groups excluding carboxylic acids is 2. The van der Waals surface area contributed by atoms with E-state index in [0.717, 1.165) is 27.2 Å². The fourth-order valence-electron chi connectivity index (χ4n) is 3.38. The maximum Gasteiger partial charge on any atom is 0.261 e. The molecule has 0 heterocycles. The van der Waals surface area contributed by atoms with Gasteiger partial charge in [-0.05, 0) is 70.7 Å². The highest BCUT2D eigenvalue weighted by atomic mass is 79.9. The molecule has 33 heavy (non-hydrogen) atoms. The van der Waals surface area contributed by atoms with Crippen LogP contribution in [0.1, 0.15) is 32.8 Å². The lowest BCUT2D eigenvalue weighted by molar-refractivity contribution is -0.142. The summed E-state index contributed by atoms with van der Waals surface area (Å²) < 4.78 is 6.68. The van der Waals surface area contributed by atoms with E-state index in [0.29, 0.717) is 10.8 Å². The van der Waals surface area contributed by atoms with Crippen molar-refractivity contribution in [2.45, 2.75) is 45.8 Å². The van der Waals surface area contributed by atoms with Gasteiger partial charge < -0.3 is 15.0 Å². The quantitative estimate of drug-likeness (QED) is 0.370. The second kappa shape index (κ2) is 11.5. The van der Waals surface area contributed by atoms with Gasteiger partial charge in [0.1, 0.15) is 11.8 Å². The molecule has 2 amide bonds. The van der Waals surface area contributed by atoms with E-state index < -0.39 is 6.04 Å². The number of rotatable bonds is 9. The molecule has 0 aliphatic heterocycles. The highest BCUT2D eigenvalue weighted by Crippen LogP contribution is 2.33. The maximum absolute atomic E-state index is 13.2. The molecule has 5 nitrogen and oxygen atoms in total. The lowest BCUT2D eigenvalue weighted by Gasteiger charge is -2.29. The second-order valence-electron chi connectivity index (χ2n) is 8.03. The van der Waals surface area contributed by atoms with Gasteiger partial charge in [-0.25, -0.2) is 0 Å². The van der Waals surface area contributed by atoms with Crippen molar-refractivity contribution in [3.63, 3.8) is 0 Å². The first-order valence-corrected chi connectivity index (χ1v) is 12.1. The Morgan fingerprint density at radius 3 is 2.45 bits per heavy atom. The summed E-state index contributed by atoms with van der Waals surface area (Å²) >= 11 is 9.59. The van der Waals surface area contributed by atoms with E-state index in [1.165, 1.54) is 4.90 Å². The number of hydrogen-bond acceptors (Lipinski definition) is 3. The van der Waals surface area contributed by atoms with E-state index in [4.69, 9.17) is 16.3 Å². The number of amides is 2. The van der Waals surface area contributed by atoms with E-state index in [1.807, 2.05) is 62.4 Å². The van der Waals surface area contributed by atoms with Crippen LogP contribution in [0.5, 0.6) is 5.75 Å². The molecule has 0 fully saturated rings. The Labute approximate surface area is 208 Å². The third kappa shape index (κ3) is 6.49. The summed E-state index contributed by atoms with van der Waals surface area (Å²) in [6.45, 7) is 5.76. The molecule has 7 heteroatoms. The molecular weight excluding hydrogens is 504 g/mol. The van der Waals surface area contributed by atoms with Gasteiger partial charge in [0.05, 0.1) is 4.47 Å². The molecular formula is C26H28BrClN2O3. The van der Waals surface area contributed by atoms with Crippen molar-refractivity contribution in [3.05, 3.63) is 75.7 Å². The summed E-state index contributed by atoms with van der Waals surface area (Å²) in [5.41, 5.74) is 0.878. The standard InChI is InChI=1S/C26H28BrClN2O3/c1-4-17(2)29-26(32)18(3)30(15-19-9-12-21(28)13-10-19)24(31)16-33-23-14-11-20-7-5-6-8-22(20)25(23)27/h5-14,17-18H,4,15-16H2,1-3H3,(H,29,32)/t17-,18-/m1/s1. The zero-order chi connectivity index (χ0) is 24.0. The van der Waals surface area contributed by atoms with Crippen molar-refractivity contribution in [1.82, 2.24) is 10.2 Å². The number of halogens is 2. The van der Waals surface area contributed by atoms with E-state index in [2.05, 4.69) is 21.2 Å². The third-order valence-corrected chi connectivity index (χ3v) is 6.68. The van der Waals surface area contributed by atoms with Crippen LogP contribution in [0.4, 0.5) is 0 Å². The summed E-state index contributed by atoms with van der Waals surface area (Å²) in [7, 11) is 0. The van der Waals surface area contributed by atoms with Gasteiger partial charge in [-0.3, -0.25) is 9.59 Å². The molecule has 3 aromatic carbocycles. The number of ether oxygens (including phenoxy) is 1. The van der Waals surface area contributed by atoms with Gasteiger partial charge in [0.25, 0.3) is 5.91 Å². The molecule has 0 aromatic heterocycles. The normalized spacial score (nSPS) is 12.8. The number of hydrogen-bond donors (Lipinski definition) is 1. The van der Waals surface area contributed by atoms with Gasteiger partial charge >= 0.3 is 0 Å².